The molecule has 0 bridgehead atoms. The average Bonchev–Trinajstić information content (AvgIpc) is 3.62. The third-order valence-corrected chi connectivity index (χ3v) is 8.41. The van der Waals surface area contributed by atoms with Crippen molar-refractivity contribution < 1.29 is 8.83 Å². The summed E-state index contributed by atoms with van der Waals surface area (Å²) in [4.78, 5) is 2.34. The third-order valence-electron chi connectivity index (χ3n) is 8.41. The maximum Gasteiger partial charge on any atom is 0.137 e. The summed E-state index contributed by atoms with van der Waals surface area (Å²) in [5.74, 6) is 0. The Kier molecular flexibility index (Phi) is 5.20. The number of rotatable bonds is 4. The van der Waals surface area contributed by atoms with Crippen molar-refractivity contribution in [3.8, 4) is 11.1 Å². The van der Waals surface area contributed by atoms with E-state index in [9.17, 15) is 0 Å². The van der Waals surface area contributed by atoms with Crippen LogP contribution in [0.25, 0.3) is 65.8 Å². The summed E-state index contributed by atoms with van der Waals surface area (Å²) >= 11 is 0. The minimum atomic E-state index is 0.872. The molecule has 0 radical (unpaired) electrons. The maximum absolute atomic E-state index is 6.45. The van der Waals surface area contributed by atoms with E-state index in [2.05, 4.69) is 144 Å². The van der Waals surface area contributed by atoms with E-state index < -0.39 is 0 Å². The second-order valence-electron chi connectivity index (χ2n) is 11.0. The van der Waals surface area contributed by atoms with Crippen molar-refractivity contribution in [2.45, 2.75) is 0 Å². The van der Waals surface area contributed by atoms with E-state index in [0.717, 1.165) is 72.1 Å². The molecule has 2 heterocycles. The van der Waals surface area contributed by atoms with Gasteiger partial charge in [-0.05, 0) is 88.6 Å². The fourth-order valence-corrected chi connectivity index (χ4v) is 6.41. The molecule has 0 amide bonds. The predicted molar refractivity (Wildman–Crippen MR) is 179 cm³/mol. The number of hydrogen-bond acceptors (Lipinski definition) is 3. The SMILES string of the molecule is c1ccc(N(c2cccc(-c3ccc4oc5ccccc5c4c3)c2)c2cccc3oc4cc5ccccc5cc4c23)cc1. The topological polar surface area (TPSA) is 29.5 Å². The molecule has 0 atom stereocenters. The van der Waals surface area contributed by atoms with Crippen molar-refractivity contribution in [3.63, 3.8) is 0 Å². The first-order valence-corrected chi connectivity index (χ1v) is 14.5. The van der Waals surface area contributed by atoms with Crippen LogP contribution in [0.2, 0.25) is 0 Å². The van der Waals surface area contributed by atoms with Gasteiger partial charge >= 0.3 is 0 Å². The first kappa shape index (κ1) is 23.9. The van der Waals surface area contributed by atoms with E-state index in [4.69, 9.17) is 8.83 Å². The van der Waals surface area contributed by atoms with Gasteiger partial charge in [-0.15, -0.1) is 0 Å². The Morgan fingerprint density at radius 3 is 1.95 bits per heavy atom. The van der Waals surface area contributed by atoms with Crippen LogP contribution in [0.1, 0.15) is 0 Å². The monoisotopic (exact) mass is 551 g/mol. The van der Waals surface area contributed by atoms with Crippen molar-refractivity contribution in [2.24, 2.45) is 0 Å². The molecule has 0 saturated heterocycles. The standard InChI is InChI=1S/C40H25NO2/c1-2-13-30(14-3-1)41(35-17-9-19-38-40(35)34-24-27-10-4-5-11-28(27)25-39(34)43-38)31-15-8-12-26(22-31)29-20-21-37-33(23-29)32-16-6-7-18-36(32)42-37/h1-25H. The normalized spacial score (nSPS) is 11.7. The van der Waals surface area contributed by atoms with Gasteiger partial charge in [0.25, 0.3) is 0 Å². The van der Waals surface area contributed by atoms with Crippen LogP contribution in [0.4, 0.5) is 17.1 Å². The summed E-state index contributed by atoms with van der Waals surface area (Å²) in [6.45, 7) is 0. The molecule has 0 N–H and O–H groups in total. The van der Waals surface area contributed by atoms with Gasteiger partial charge in [0, 0.05) is 27.5 Å². The molecular weight excluding hydrogens is 526 g/mol. The van der Waals surface area contributed by atoms with Crippen molar-refractivity contribution in [1.82, 2.24) is 0 Å². The lowest BCUT2D eigenvalue weighted by Gasteiger charge is -2.26. The van der Waals surface area contributed by atoms with Crippen molar-refractivity contribution in [1.29, 1.82) is 0 Å². The molecule has 3 heteroatoms. The Balaban J connectivity index is 1.26. The highest BCUT2D eigenvalue weighted by atomic mass is 16.3. The second-order valence-corrected chi connectivity index (χ2v) is 11.0. The zero-order valence-corrected chi connectivity index (χ0v) is 23.2. The summed E-state index contributed by atoms with van der Waals surface area (Å²) in [5.41, 5.74) is 9.09. The lowest BCUT2D eigenvalue weighted by Crippen LogP contribution is -2.10. The number of hydrogen-bond donors (Lipinski definition) is 0. The highest BCUT2D eigenvalue weighted by molar-refractivity contribution is 6.16. The molecule has 9 aromatic rings. The number of fused-ring (bicyclic) bond motifs is 7. The van der Waals surface area contributed by atoms with Crippen LogP contribution in [0, 0.1) is 0 Å². The summed E-state index contributed by atoms with van der Waals surface area (Å²) in [6, 6.07) is 53.2. The molecule has 0 aliphatic heterocycles. The average molecular weight is 552 g/mol. The Bertz CT molecular complexity index is 2470. The van der Waals surface area contributed by atoms with Crippen molar-refractivity contribution in [3.05, 3.63) is 152 Å². The molecule has 43 heavy (non-hydrogen) atoms. The van der Waals surface area contributed by atoms with E-state index in [-0.39, 0.29) is 0 Å². The number of nitrogens with zero attached hydrogens (tertiary/aromatic N) is 1. The van der Waals surface area contributed by atoms with E-state index in [1.165, 1.54) is 10.8 Å². The number of anilines is 3. The molecular formula is C40H25NO2. The Labute approximate surface area is 247 Å². The van der Waals surface area contributed by atoms with E-state index in [1.54, 1.807) is 0 Å². The number of para-hydroxylation sites is 2. The van der Waals surface area contributed by atoms with Gasteiger partial charge in [-0.2, -0.15) is 0 Å². The fourth-order valence-electron chi connectivity index (χ4n) is 6.41. The molecule has 9 rings (SSSR count). The minimum absolute atomic E-state index is 0.872. The van der Waals surface area contributed by atoms with Gasteiger partial charge in [0.15, 0.2) is 0 Å². The zero-order valence-electron chi connectivity index (χ0n) is 23.2. The Hall–Kier alpha value is -5.80. The highest BCUT2D eigenvalue weighted by Gasteiger charge is 2.20. The number of furan rings is 2. The molecule has 0 aliphatic rings. The van der Waals surface area contributed by atoms with Crippen LogP contribution in [0.3, 0.4) is 0 Å². The van der Waals surface area contributed by atoms with Gasteiger partial charge < -0.3 is 13.7 Å². The molecule has 3 nitrogen and oxygen atoms in total. The molecule has 2 aromatic heterocycles. The van der Waals surface area contributed by atoms with Crippen molar-refractivity contribution >= 4 is 71.7 Å². The summed E-state index contributed by atoms with van der Waals surface area (Å²) in [5, 5.41) is 6.84. The van der Waals surface area contributed by atoms with Crippen LogP contribution in [0.5, 0.6) is 0 Å². The van der Waals surface area contributed by atoms with Gasteiger partial charge in [0.05, 0.1) is 11.1 Å². The van der Waals surface area contributed by atoms with Crippen LogP contribution >= 0.6 is 0 Å². The smallest absolute Gasteiger partial charge is 0.137 e. The zero-order chi connectivity index (χ0) is 28.3. The van der Waals surface area contributed by atoms with E-state index >= 15 is 0 Å². The van der Waals surface area contributed by atoms with Gasteiger partial charge in [-0.25, -0.2) is 0 Å². The largest absolute Gasteiger partial charge is 0.456 e. The quantitative estimate of drug-likeness (QED) is 0.218. The molecule has 0 fully saturated rings. The van der Waals surface area contributed by atoms with E-state index in [0.29, 0.717) is 0 Å². The third kappa shape index (κ3) is 3.83. The summed E-state index contributed by atoms with van der Waals surface area (Å²) in [6.07, 6.45) is 0. The van der Waals surface area contributed by atoms with Gasteiger partial charge in [0.2, 0.25) is 0 Å². The predicted octanol–water partition coefficient (Wildman–Crippen LogP) is 11.8. The minimum Gasteiger partial charge on any atom is -0.456 e. The molecule has 0 saturated carbocycles. The van der Waals surface area contributed by atoms with Gasteiger partial charge in [0.1, 0.15) is 22.3 Å². The first-order valence-electron chi connectivity index (χ1n) is 14.5. The molecule has 0 spiro atoms. The lowest BCUT2D eigenvalue weighted by atomic mass is 10.0. The van der Waals surface area contributed by atoms with Crippen LogP contribution in [-0.4, -0.2) is 0 Å². The fraction of sp³-hybridized carbons (Fsp3) is 0. The molecule has 0 aliphatic carbocycles. The Morgan fingerprint density at radius 1 is 0.372 bits per heavy atom. The summed E-state index contributed by atoms with van der Waals surface area (Å²) < 4.78 is 12.5. The van der Waals surface area contributed by atoms with Gasteiger partial charge in [-0.3, -0.25) is 0 Å². The molecule has 202 valence electrons. The molecule has 7 aromatic carbocycles. The lowest BCUT2D eigenvalue weighted by molar-refractivity contribution is 0.669. The second kappa shape index (κ2) is 9.37. The number of benzene rings is 7. The van der Waals surface area contributed by atoms with E-state index in [1.807, 2.05) is 12.1 Å². The van der Waals surface area contributed by atoms with Crippen LogP contribution < -0.4 is 4.90 Å². The van der Waals surface area contributed by atoms with Crippen LogP contribution in [-0.2, 0) is 0 Å². The summed E-state index contributed by atoms with van der Waals surface area (Å²) in [7, 11) is 0. The Morgan fingerprint density at radius 2 is 1.05 bits per heavy atom. The molecule has 0 unspecified atom stereocenters. The van der Waals surface area contributed by atoms with Crippen molar-refractivity contribution in [2.75, 3.05) is 4.90 Å². The first-order chi connectivity index (χ1) is 21.3. The maximum atomic E-state index is 6.45. The van der Waals surface area contributed by atoms with Gasteiger partial charge in [-0.1, -0.05) is 84.9 Å². The van der Waals surface area contributed by atoms with Crippen LogP contribution in [0.15, 0.2) is 160 Å². The highest BCUT2D eigenvalue weighted by Crippen LogP contribution is 2.44.